The van der Waals surface area contributed by atoms with Crippen LogP contribution in [0.2, 0.25) is 0 Å². The first-order chi connectivity index (χ1) is 13.0. The molecule has 0 aromatic heterocycles. The van der Waals surface area contributed by atoms with Crippen molar-refractivity contribution in [3.63, 3.8) is 0 Å². The maximum atomic E-state index is 14.4. The number of nitrogens with zero attached hydrogens (tertiary/aromatic N) is 1. The highest BCUT2D eigenvalue weighted by molar-refractivity contribution is 5.89. The number of carbonyl (C=O) groups excluding carboxylic acids is 2. The van der Waals surface area contributed by atoms with E-state index in [1.165, 1.54) is 29.5 Å². The Hall–Kier alpha value is -2.61. The standard InChI is InChI=1S/C19H24FN3O4/c1-13(24)22-11-16-12-23(19(25)27-16)15-2-3-18(17(20)10-15)26-9-6-14-4-7-21-8-5-14/h2-3,6,10,16,21H,4-5,7-9,11-12H2,1H3,(H,22,24)/t16-/m0/s1. The van der Waals surface area contributed by atoms with E-state index in [1.807, 2.05) is 6.08 Å². The molecule has 27 heavy (non-hydrogen) atoms. The second-order valence-electron chi connectivity index (χ2n) is 6.59. The third kappa shape index (κ3) is 5.19. The molecule has 8 heteroatoms. The van der Waals surface area contributed by atoms with Crippen molar-refractivity contribution >= 4 is 17.7 Å². The van der Waals surface area contributed by atoms with Crippen LogP contribution in [0.15, 0.2) is 29.8 Å². The molecule has 0 radical (unpaired) electrons. The number of nitrogens with one attached hydrogen (secondary N) is 2. The van der Waals surface area contributed by atoms with Crippen LogP contribution in [0.5, 0.6) is 5.75 Å². The van der Waals surface area contributed by atoms with E-state index in [2.05, 4.69) is 10.6 Å². The smallest absolute Gasteiger partial charge is 0.414 e. The molecule has 1 aromatic carbocycles. The van der Waals surface area contributed by atoms with Crippen molar-refractivity contribution in [3.8, 4) is 5.75 Å². The monoisotopic (exact) mass is 377 g/mol. The summed E-state index contributed by atoms with van der Waals surface area (Å²) in [5.74, 6) is -0.585. The molecule has 0 saturated carbocycles. The van der Waals surface area contributed by atoms with E-state index in [0.717, 1.165) is 25.9 Å². The SMILES string of the molecule is CC(=O)NC[C@H]1CN(c2ccc(OCC=C3CCNCC3)c(F)c2)C(=O)O1. The van der Waals surface area contributed by atoms with Crippen molar-refractivity contribution in [3.05, 3.63) is 35.7 Å². The van der Waals surface area contributed by atoms with Gasteiger partial charge in [-0.25, -0.2) is 9.18 Å². The predicted octanol–water partition coefficient (Wildman–Crippen LogP) is 1.98. The normalized spacial score (nSPS) is 19.6. The highest BCUT2D eigenvalue weighted by atomic mass is 19.1. The van der Waals surface area contributed by atoms with Gasteiger partial charge in [-0.15, -0.1) is 0 Å². The third-order valence-electron chi connectivity index (χ3n) is 4.54. The Balaban J connectivity index is 1.57. The van der Waals surface area contributed by atoms with Gasteiger partial charge in [-0.2, -0.15) is 0 Å². The summed E-state index contributed by atoms with van der Waals surface area (Å²) in [5, 5.41) is 5.88. The summed E-state index contributed by atoms with van der Waals surface area (Å²) in [6.07, 6.45) is 2.95. The minimum absolute atomic E-state index is 0.145. The van der Waals surface area contributed by atoms with Gasteiger partial charge in [-0.05, 0) is 44.1 Å². The van der Waals surface area contributed by atoms with Gasteiger partial charge >= 0.3 is 6.09 Å². The van der Waals surface area contributed by atoms with Crippen LogP contribution < -0.4 is 20.3 Å². The number of anilines is 1. The molecule has 2 N–H and O–H groups in total. The summed E-state index contributed by atoms with van der Waals surface area (Å²) >= 11 is 0. The number of piperidine rings is 1. The van der Waals surface area contributed by atoms with Crippen LogP contribution in [0.1, 0.15) is 19.8 Å². The second kappa shape index (κ2) is 8.85. The first-order valence-electron chi connectivity index (χ1n) is 9.06. The van der Waals surface area contributed by atoms with E-state index in [1.54, 1.807) is 6.07 Å². The molecule has 2 amide bonds. The van der Waals surface area contributed by atoms with Crippen LogP contribution in [-0.4, -0.2) is 50.9 Å². The molecule has 146 valence electrons. The van der Waals surface area contributed by atoms with E-state index in [-0.39, 0.29) is 24.7 Å². The molecular formula is C19H24FN3O4. The highest BCUT2D eigenvalue weighted by Gasteiger charge is 2.32. The Kier molecular flexibility index (Phi) is 6.28. The number of ether oxygens (including phenoxy) is 2. The molecule has 2 aliphatic rings. The predicted molar refractivity (Wildman–Crippen MR) is 98.4 cm³/mol. The van der Waals surface area contributed by atoms with Gasteiger partial charge in [-0.1, -0.05) is 5.57 Å². The van der Waals surface area contributed by atoms with Crippen LogP contribution in [-0.2, 0) is 9.53 Å². The Labute approximate surface area is 157 Å². The number of benzene rings is 1. The summed E-state index contributed by atoms with van der Waals surface area (Å²) in [4.78, 5) is 24.3. The Bertz CT molecular complexity index is 730. The number of cyclic esters (lactones) is 1. The van der Waals surface area contributed by atoms with Gasteiger partial charge in [0.15, 0.2) is 11.6 Å². The lowest BCUT2D eigenvalue weighted by molar-refractivity contribution is -0.119. The number of hydrogen-bond acceptors (Lipinski definition) is 5. The van der Waals surface area contributed by atoms with Crippen LogP contribution in [0.25, 0.3) is 0 Å². The zero-order chi connectivity index (χ0) is 19.2. The molecule has 2 heterocycles. The van der Waals surface area contributed by atoms with Gasteiger partial charge in [0, 0.05) is 13.0 Å². The molecule has 3 rings (SSSR count). The number of halogens is 1. The van der Waals surface area contributed by atoms with Gasteiger partial charge in [0.1, 0.15) is 12.7 Å². The zero-order valence-corrected chi connectivity index (χ0v) is 15.3. The van der Waals surface area contributed by atoms with Crippen molar-refractivity contribution < 1.29 is 23.5 Å². The molecule has 2 fully saturated rings. The Morgan fingerprint density at radius 3 is 2.93 bits per heavy atom. The second-order valence-corrected chi connectivity index (χ2v) is 6.59. The van der Waals surface area contributed by atoms with E-state index in [4.69, 9.17) is 9.47 Å². The minimum atomic E-state index is -0.561. The largest absolute Gasteiger partial charge is 0.486 e. The van der Waals surface area contributed by atoms with Crippen molar-refractivity contribution in [2.45, 2.75) is 25.9 Å². The van der Waals surface area contributed by atoms with Crippen molar-refractivity contribution in [1.29, 1.82) is 0 Å². The average Bonchev–Trinajstić information content (AvgIpc) is 3.03. The molecule has 2 aliphatic heterocycles. The molecule has 0 bridgehead atoms. The topological polar surface area (TPSA) is 79.9 Å². The van der Waals surface area contributed by atoms with Gasteiger partial charge in [0.05, 0.1) is 18.8 Å². The van der Waals surface area contributed by atoms with Gasteiger partial charge in [-0.3, -0.25) is 9.69 Å². The van der Waals surface area contributed by atoms with Crippen LogP contribution in [0.3, 0.4) is 0 Å². The summed E-state index contributed by atoms with van der Waals surface area (Å²) in [5.41, 5.74) is 1.71. The Morgan fingerprint density at radius 2 is 2.22 bits per heavy atom. The van der Waals surface area contributed by atoms with Crippen molar-refractivity contribution in [2.24, 2.45) is 0 Å². The Morgan fingerprint density at radius 1 is 1.44 bits per heavy atom. The molecule has 1 aromatic rings. The average molecular weight is 377 g/mol. The number of carbonyl (C=O) groups is 2. The molecule has 0 unspecified atom stereocenters. The molecule has 1 atom stereocenters. The zero-order valence-electron chi connectivity index (χ0n) is 15.3. The van der Waals surface area contributed by atoms with Gasteiger partial charge < -0.3 is 20.1 Å². The van der Waals surface area contributed by atoms with Gasteiger partial charge in [0.2, 0.25) is 5.91 Å². The molecule has 0 spiro atoms. The van der Waals surface area contributed by atoms with Crippen molar-refractivity contribution in [2.75, 3.05) is 37.7 Å². The van der Waals surface area contributed by atoms with E-state index < -0.39 is 18.0 Å². The quantitative estimate of drug-likeness (QED) is 0.741. The van der Waals surface area contributed by atoms with Crippen LogP contribution in [0, 0.1) is 5.82 Å². The van der Waals surface area contributed by atoms with Crippen molar-refractivity contribution in [1.82, 2.24) is 10.6 Å². The third-order valence-corrected chi connectivity index (χ3v) is 4.54. The lowest BCUT2D eigenvalue weighted by Crippen LogP contribution is -2.33. The summed E-state index contributed by atoms with van der Waals surface area (Å²) in [6, 6.07) is 4.40. The summed E-state index contributed by atoms with van der Waals surface area (Å²) < 4.78 is 25.1. The maximum Gasteiger partial charge on any atom is 0.414 e. The lowest BCUT2D eigenvalue weighted by atomic mass is 10.1. The van der Waals surface area contributed by atoms with E-state index in [0.29, 0.717) is 12.3 Å². The summed E-state index contributed by atoms with van der Waals surface area (Å²) in [6.45, 7) is 4.11. The number of hydrogen-bond donors (Lipinski definition) is 2. The molecular weight excluding hydrogens is 353 g/mol. The lowest BCUT2D eigenvalue weighted by Gasteiger charge is -2.16. The molecule has 0 aliphatic carbocycles. The fraction of sp³-hybridized carbons (Fsp3) is 0.474. The fourth-order valence-electron chi connectivity index (χ4n) is 3.07. The van der Waals surface area contributed by atoms with E-state index in [9.17, 15) is 14.0 Å². The van der Waals surface area contributed by atoms with E-state index >= 15 is 0 Å². The fourth-order valence-corrected chi connectivity index (χ4v) is 3.07. The summed E-state index contributed by atoms with van der Waals surface area (Å²) in [7, 11) is 0. The number of amides is 2. The molecule has 7 nitrogen and oxygen atoms in total. The minimum Gasteiger partial charge on any atom is -0.486 e. The molecule has 2 saturated heterocycles. The van der Waals surface area contributed by atoms with Crippen LogP contribution in [0.4, 0.5) is 14.9 Å². The first-order valence-corrected chi connectivity index (χ1v) is 9.06. The maximum absolute atomic E-state index is 14.4. The highest BCUT2D eigenvalue weighted by Crippen LogP contribution is 2.27. The first kappa shape index (κ1) is 19.2. The van der Waals surface area contributed by atoms with Crippen LogP contribution >= 0.6 is 0 Å². The number of rotatable bonds is 6. The van der Waals surface area contributed by atoms with Gasteiger partial charge in [0.25, 0.3) is 0 Å².